The second-order valence-corrected chi connectivity index (χ2v) is 5.54. The molecule has 6 heteroatoms. The number of aromatic nitrogens is 1. The number of hydrogen-bond acceptors (Lipinski definition) is 5. The highest BCUT2D eigenvalue weighted by atomic mass is 32.1. The van der Waals surface area contributed by atoms with Crippen LogP contribution in [0.3, 0.4) is 0 Å². The smallest absolute Gasteiger partial charge is 0.273 e. The van der Waals surface area contributed by atoms with Gasteiger partial charge in [-0.25, -0.2) is 4.98 Å². The number of hydrogen-bond donors (Lipinski definition) is 1. The van der Waals surface area contributed by atoms with Crippen LogP contribution in [0.1, 0.15) is 41.8 Å². The number of carbonyl (C=O) groups excluding carboxylic acids is 1. The molecule has 18 heavy (non-hydrogen) atoms. The molecule has 1 aliphatic rings. The molecular weight excluding hydrogens is 250 g/mol. The predicted octanol–water partition coefficient (Wildman–Crippen LogP) is 1.41. The van der Waals surface area contributed by atoms with Crippen LogP contribution in [0.25, 0.3) is 0 Å². The number of thiazole rings is 1. The lowest BCUT2D eigenvalue weighted by Gasteiger charge is -2.21. The number of amides is 1. The van der Waals surface area contributed by atoms with Crippen molar-refractivity contribution in [3.05, 3.63) is 16.1 Å². The molecule has 0 saturated carbocycles. The maximum atomic E-state index is 12.3. The van der Waals surface area contributed by atoms with Gasteiger partial charge in [0.25, 0.3) is 5.91 Å². The van der Waals surface area contributed by atoms with Gasteiger partial charge in [0.05, 0.1) is 12.1 Å². The molecule has 100 valence electrons. The quantitative estimate of drug-likeness (QED) is 0.881. The minimum absolute atomic E-state index is 0.0181. The lowest BCUT2D eigenvalue weighted by Crippen LogP contribution is -2.36. The summed E-state index contributed by atoms with van der Waals surface area (Å²) in [6.45, 7) is 5.93. The predicted molar refractivity (Wildman–Crippen MR) is 70.7 cm³/mol. The SMILES string of the molecule is CC1CN(C(=O)c2csc(C(C)N)n2)CCCO1. The molecular formula is C12H19N3O2S. The van der Waals surface area contributed by atoms with Crippen LogP contribution in [0, 0.1) is 0 Å². The van der Waals surface area contributed by atoms with Gasteiger partial charge in [-0.3, -0.25) is 4.79 Å². The first kappa shape index (κ1) is 13.5. The van der Waals surface area contributed by atoms with E-state index in [4.69, 9.17) is 10.5 Å². The Kier molecular flexibility index (Phi) is 4.31. The molecule has 1 aromatic heterocycles. The van der Waals surface area contributed by atoms with Crippen molar-refractivity contribution in [2.75, 3.05) is 19.7 Å². The largest absolute Gasteiger partial charge is 0.377 e. The van der Waals surface area contributed by atoms with E-state index >= 15 is 0 Å². The van der Waals surface area contributed by atoms with Crippen LogP contribution in [0.5, 0.6) is 0 Å². The van der Waals surface area contributed by atoms with E-state index in [1.165, 1.54) is 11.3 Å². The second-order valence-electron chi connectivity index (χ2n) is 4.65. The number of rotatable bonds is 2. The highest BCUT2D eigenvalue weighted by Crippen LogP contribution is 2.18. The summed E-state index contributed by atoms with van der Waals surface area (Å²) in [6, 6.07) is -0.122. The van der Waals surface area contributed by atoms with E-state index in [0.29, 0.717) is 18.8 Å². The fourth-order valence-electron chi connectivity index (χ4n) is 1.94. The molecule has 1 amide bonds. The Labute approximate surface area is 111 Å². The molecule has 2 atom stereocenters. The summed E-state index contributed by atoms with van der Waals surface area (Å²) < 4.78 is 5.53. The average Bonchev–Trinajstić information content (AvgIpc) is 2.72. The third-order valence-electron chi connectivity index (χ3n) is 2.87. The first-order valence-corrected chi connectivity index (χ1v) is 7.07. The van der Waals surface area contributed by atoms with Crippen LogP contribution in [-0.4, -0.2) is 41.6 Å². The number of carbonyl (C=O) groups is 1. The summed E-state index contributed by atoms with van der Waals surface area (Å²) in [7, 11) is 0. The third kappa shape index (κ3) is 3.07. The molecule has 0 bridgehead atoms. The lowest BCUT2D eigenvalue weighted by atomic mass is 10.3. The summed E-state index contributed by atoms with van der Waals surface area (Å²) >= 11 is 1.44. The van der Waals surface area contributed by atoms with E-state index in [1.54, 1.807) is 5.38 Å². The van der Waals surface area contributed by atoms with Crippen LogP contribution in [0.15, 0.2) is 5.38 Å². The van der Waals surface area contributed by atoms with Crippen LogP contribution in [0.2, 0.25) is 0 Å². The molecule has 2 N–H and O–H groups in total. The normalized spacial score (nSPS) is 22.6. The van der Waals surface area contributed by atoms with E-state index in [2.05, 4.69) is 4.98 Å². The van der Waals surface area contributed by atoms with Gasteiger partial charge in [0.1, 0.15) is 10.7 Å². The Morgan fingerprint density at radius 3 is 3.17 bits per heavy atom. The molecule has 2 rings (SSSR count). The molecule has 5 nitrogen and oxygen atoms in total. The average molecular weight is 269 g/mol. The maximum absolute atomic E-state index is 12.3. The van der Waals surface area contributed by atoms with Gasteiger partial charge < -0.3 is 15.4 Å². The van der Waals surface area contributed by atoms with Crippen molar-refractivity contribution >= 4 is 17.2 Å². The highest BCUT2D eigenvalue weighted by molar-refractivity contribution is 7.09. The van der Waals surface area contributed by atoms with Gasteiger partial charge in [-0.1, -0.05) is 0 Å². The summed E-state index contributed by atoms with van der Waals surface area (Å²) in [5, 5.41) is 2.59. The van der Waals surface area contributed by atoms with Crippen LogP contribution in [-0.2, 0) is 4.74 Å². The summed E-state index contributed by atoms with van der Waals surface area (Å²) in [4.78, 5) is 18.4. The van der Waals surface area contributed by atoms with Crippen LogP contribution < -0.4 is 5.73 Å². The van der Waals surface area contributed by atoms with Crippen molar-refractivity contribution in [3.63, 3.8) is 0 Å². The zero-order chi connectivity index (χ0) is 13.1. The van der Waals surface area contributed by atoms with Crippen molar-refractivity contribution in [1.82, 2.24) is 9.88 Å². The van der Waals surface area contributed by atoms with Gasteiger partial charge in [0.15, 0.2) is 0 Å². The lowest BCUT2D eigenvalue weighted by molar-refractivity contribution is 0.0560. The Morgan fingerprint density at radius 1 is 1.72 bits per heavy atom. The Morgan fingerprint density at radius 2 is 2.50 bits per heavy atom. The molecule has 1 saturated heterocycles. The summed E-state index contributed by atoms with van der Waals surface area (Å²) in [5.41, 5.74) is 6.26. The van der Waals surface area contributed by atoms with Crippen LogP contribution in [0.4, 0.5) is 0 Å². The third-order valence-corrected chi connectivity index (χ3v) is 3.92. The molecule has 2 heterocycles. The monoisotopic (exact) mass is 269 g/mol. The number of ether oxygens (including phenoxy) is 1. The number of nitrogens with two attached hydrogens (primary N) is 1. The molecule has 1 aromatic rings. The van der Waals surface area contributed by atoms with Crippen molar-refractivity contribution in [2.45, 2.75) is 32.4 Å². The van der Waals surface area contributed by atoms with Gasteiger partial charge in [0.2, 0.25) is 0 Å². The topological polar surface area (TPSA) is 68.5 Å². The first-order chi connectivity index (χ1) is 8.58. The summed E-state index contributed by atoms with van der Waals surface area (Å²) in [6.07, 6.45) is 0.961. The standard InChI is InChI=1S/C12H19N3O2S/c1-8-6-15(4-3-5-17-8)12(16)10-7-18-11(14-10)9(2)13/h7-9H,3-6,13H2,1-2H3. The Bertz CT molecular complexity index is 419. The van der Waals surface area contributed by atoms with E-state index in [1.807, 2.05) is 18.7 Å². The Hall–Kier alpha value is -0.980. The van der Waals surface area contributed by atoms with Crippen molar-refractivity contribution in [2.24, 2.45) is 5.73 Å². The zero-order valence-electron chi connectivity index (χ0n) is 10.8. The molecule has 0 radical (unpaired) electrons. The van der Waals surface area contributed by atoms with Gasteiger partial charge in [0, 0.05) is 25.1 Å². The Balaban J connectivity index is 2.09. The van der Waals surface area contributed by atoms with Crippen LogP contribution >= 0.6 is 11.3 Å². The van der Waals surface area contributed by atoms with Gasteiger partial charge in [-0.15, -0.1) is 11.3 Å². The van der Waals surface area contributed by atoms with Gasteiger partial charge >= 0.3 is 0 Å². The summed E-state index contributed by atoms with van der Waals surface area (Å²) in [5.74, 6) is -0.0181. The van der Waals surface area contributed by atoms with E-state index < -0.39 is 0 Å². The van der Waals surface area contributed by atoms with Crippen molar-refractivity contribution in [3.8, 4) is 0 Å². The van der Waals surface area contributed by atoms with Gasteiger partial charge in [-0.05, 0) is 20.3 Å². The molecule has 0 aromatic carbocycles. The minimum atomic E-state index is -0.122. The fraction of sp³-hybridized carbons (Fsp3) is 0.667. The minimum Gasteiger partial charge on any atom is -0.377 e. The van der Waals surface area contributed by atoms with Gasteiger partial charge in [-0.2, -0.15) is 0 Å². The molecule has 1 aliphatic heterocycles. The van der Waals surface area contributed by atoms with Crippen molar-refractivity contribution < 1.29 is 9.53 Å². The van der Waals surface area contributed by atoms with E-state index in [9.17, 15) is 4.79 Å². The molecule has 1 fully saturated rings. The van der Waals surface area contributed by atoms with E-state index in [-0.39, 0.29) is 18.1 Å². The second kappa shape index (κ2) is 5.77. The molecule has 0 aliphatic carbocycles. The van der Waals surface area contributed by atoms with Crippen molar-refractivity contribution in [1.29, 1.82) is 0 Å². The maximum Gasteiger partial charge on any atom is 0.273 e. The first-order valence-electron chi connectivity index (χ1n) is 6.20. The molecule has 2 unspecified atom stereocenters. The van der Waals surface area contributed by atoms with E-state index in [0.717, 1.165) is 18.0 Å². The number of nitrogens with zero attached hydrogens (tertiary/aromatic N) is 2. The molecule has 0 spiro atoms. The highest BCUT2D eigenvalue weighted by Gasteiger charge is 2.23. The fourth-order valence-corrected chi connectivity index (χ4v) is 2.69. The zero-order valence-corrected chi connectivity index (χ0v) is 11.6.